The molecule has 1 aliphatic carbocycles. The third-order valence-corrected chi connectivity index (χ3v) is 7.10. The normalized spacial score (nSPS) is 27.9. The monoisotopic (exact) mass is 437 g/mol. The zero-order valence-corrected chi connectivity index (χ0v) is 19.2. The van der Waals surface area contributed by atoms with Gasteiger partial charge in [0.15, 0.2) is 0 Å². The fourth-order valence-corrected chi connectivity index (χ4v) is 5.19. The van der Waals surface area contributed by atoms with E-state index in [1.807, 2.05) is 26.4 Å². The van der Waals surface area contributed by atoms with Crippen molar-refractivity contribution in [2.45, 2.75) is 56.4 Å². The number of hydrogen-bond donors (Lipinski definition) is 2. The first-order valence-corrected chi connectivity index (χ1v) is 12.0. The second-order valence-corrected chi connectivity index (χ2v) is 9.57. The Balaban J connectivity index is 1.19. The van der Waals surface area contributed by atoms with Crippen LogP contribution in [0.1, 0.15) is 32.1 Å². The van der Waals surface area contributed by atoms with Crippen LogP contribution in [0.15, 0.2) is 36.5 Å². The third-order valence-electron chi connectivity index (χ3n) is 7.10. The maximum absolute atomic E-state index is 6.15. The summed E-state index contributed by atoms with van der Waals surface area (Å²) in [6.45, 7) is 2.40. The second kappa shape index (κ2) is 9.73. The van der Waals surface area contributed by atoms with Gasteiger partial charge in [-0.15, -0.1) is 0 Å². The molecule has 1 saturated carbocycles. The fourth-order valence-electron chi connectivity index (χ4n) is 5.19. The Morgan fingerprint density at radius 1 is 0.938 bits per heavy atom. The van der Waals surface area contributed by atoms with Crippen LogP contribution >= 0.6 is 0 Å². The second-order valence-electron chi connectivity index (χ2n) is 9.57. The van der Waals surface area contributed by atoms with Crippen LogP contribution in [0, 0.1) is 5.92 Å². The van der Waals surface area contributed by atoms with Crippen molar-refractivity contribution in [2.75, 3.05) is 44.1 Å². The molecule has 4 atom stereocenters. The molecule has 2 aromatic rings. The minimum atomic E-state index is 0.0329. The van der Waals surface area contributed by atoms with Crippen LogP contribution in [0.2, 0.25) is 0 Å². The SMILES string of the molecule is CN(C)c1ccc(-c2ccnc(NC3COC4C(NCC5CCCCC5)COC34)n2)cc1. The van der Waals surface area contributed by atoms with Gasteiger partial charge in [-0.2, -0.15) is 0 Å². The first-order chi connectivity index (χ1) is 15.7. The zero-order chi connectivity index (χ0) is 21.9. The molecule has 3 heterocycles. The summed E-state index contributed by atoms with van der Waals surface area (Å²) in [6.07, 6.45) is 8.79. The van der Waals surface area contributed by atoms with Gasteiger partial charge >= 0.3 is 0 Å². The van der Waals surface area contributed by atoms with Crippen LogP contribution in [-0.2, 0) is 9.47 Å². The summed E-state index contributed by atoms with van der Waals surface area (Å²) in [5.41, 5.74) is 3.15. The first-order valence-electron chi connectivity index (χ1n) is 12.0. The highest BCUT2D eigenvalue weighted by Gasteiger charge is 2.47. The van der Waals surface area contributed by atoms with Gasteiger partial charge in [0.1, 0.15) is 12.2 Å². The molecule has 5 rings (SSSR count). The smallest absolute Gasteiger partial charge is 0.223 e. The van der Waals surface area contributed by atoms with Gasteiger partial charge in [0.25, 0.3) is 0 Å². The van der Waals surface area contributed by atoms with Crippen molar-refractivity contribution in [3.05, 3.63) is 36.5 Å². The molecule has 0 radical (unpaired) electrons. The van der Waals surface area contributed by atoms with Crippen LogP contribution in [0.25, 0.3) is 11.3 Å². The number of nitrogens with zero attached hydrogens (tertiary/aromatic N) is 3. The standard InChI is InChI=1S/C25H35N5O2/c1-30(2)19-10-8-18(9-11-19)20-12-13-26-25(28-20)29-22-16-32-23-21(15-31-24(22)23)27-14-17-6-4-3-5-7-17/h8-13,17,21-24,27H,3-7,14-16H2,1-2H3,(H,26,28,29). The van der Waals surface area contributed by atoms with E-state index in [4.69, 9.17) is 14.5 Å². The third kappa shape index (κ3) is 4.75. The molecule has 172 valence electrons. The maximum Gasteiger partial charge on any atom is 0.223 e. The van der Waals surface area contributed by atoms with E-state index in [2.05, 4.69) is 44.8 Å². The molecule has 4 unspecified atom stereocenters. The molecule has 2 aliphatic heterocycles. The summed E-state index contributed by atoms with van der Waals surface area (Å²) in [6, 6.07) is 10.7. The predicted molar refractivity (Wildman–Crippen MR) is 127 cm³/mol. The number of ether oxygens (including phenoxy) is 2. The van der Waals surface area contributed by atoms with Gasteiger partial charge in [0, 0.05) is 31.5 Å². The molecule has 1 aromatic heterocycles. The predicted octanol–water partition coefficient (Wildman–Crippen LogP) is 3.33. The Bertz CT molecular complexity index is 884. The molecule has 0 amide bonds. The van der Waals surface area contributed by atoms with E-state index in [-0.39, 0.29) is 24.3 Å². The number of rotatable bonds is 7. The van der Waals surface area contributed by atoms with Crippen LogP contribution in [0.3, 0.4) is 0 Å². The molecule has 0 spiro atoms. The molecule has 3 fully saturated rings. The average Bonchev–Trinajstić information content (AvgIpc) is 3.42. The van der Waals surface area contributed by atoms with Gasteiger partial charge in [0.05, 0.1) is 31.0 Å². The summed E-state index contributed by atoms with van der Waals surface area (Å²) < 4.78 is 12.3. The van der Waals surface area contributed by atoms with Crippen molar-refractivity contribution in [1.82, 2.24) is 15.3 Å². The number of hydrogen-bond acceptors (Lipinski definition) is 7. The highest BCUT2D eigenvalue weighted by atomic mass is 16.6. The van der Waals surface area contributed by atoms with Gasteiger partial charge < -0.3 is 25.0 Å². The Kier molecular flexibility index (Phi) is 6.57. The Hall–Kier alpha value is -2.22. The molecule has 3 aliphatic rings. The summed E-state index contributed by atoms with van der Waals surface area (Å²) in [5.74, 6) is 1.43. The van der Waals surface area contributed by atoms with Crippen molar-refractivity contribution in [3.63, 3.8) is 0 Å². The van der Waals surface area contributed by atoms with E-state index in [1.165, 1.54) is 37.8 Å². The Labute approximate surface area is 190 Å². The average molecular weight is 438 g/mol. The minimum absolute atomic E-state index is 0.0329. The Morgan fingerprint density at radius 3 is 2.41 bits per heavy atom. The quantitative estimate of drug-likeness (QED) is 0.688. The highest BCUT2D eigenvalue weighted by molar-refractivity contribution is 5.63. The lowest BCUT2D eigenvalue weighted by molar-refractivity contribution is 0.0671. The van der Waals surface area contributed by atoms with Crippen molar-refractivity contribution in [3.8, 4) is 11.3 Å². The van der Waals surface area contributed by atoms with Crippen molar-refractivity contribution < 1.29 is 9.47 Å². The minimum Gasteiger partial charge on any atom is -0.378 e. The molecule has 2 N–H and O–H groups in total. The number of anilines is 2. The van der Waals surface area contributed by atoms with E-state index in [1.54, 1.807) is 0 Å². The number of fused-ring (bicyclic) bond motifs is 1. The van der Waals surface area contributed by atoms with Crippen LogP contribution < -0.4 is 15.5 Å². The van der Waals surface area contributed by atoms with Gasteiger partial charge in [-0.3, -0.25) is 0 Å². The van der Waals surface area contributed by atoms with E-state index >= 15 is 0 Å². The van der Waals surface area contributed by atoms with Crippen molar-refractivity contribution >= 4 is 11.6 Å². The van der Waals surface area contributed by atoms with E-state index in [0.717, 1.165) is 23.7 Å². The first kappa shape index (κ1) is 21.6. The molecule has 2 saturated heterocycles. The van der Waals surface area contributed by atoms with Crippen LogP contribution in [0.5, 0.6) is 0 Å². The fraction of sp³-hybridized carbons (Fsp3) is 0.600. The van der Waals surface area contributed by atoms with E-state index < -0.39 is 0 Å². The van der Waals surface area contributed by atoms with Gasteiger partial charge in [-0.1, -0.05) is 31.4 Å². The maximum atomic E-state index is 6.15. The van der Waals surface area contributed by atoms with E-state index in [0.29, 0.717) is 19.2 Å². The summed E-state index contributed by atoms with van der Waals surface area (Å²) >= 11 is 0. The van der Waals surface area contributed by atoms with Crippen LogP contribution in [-0.4, -0.2) is 68.1 Å². The zero-order valence-electron chi connectivity index (χ0n) is 19.2. The number of aromatic nitrogens is 2. The lowest BCUT2D eigenvalue weighted by Gasteiger charge is -2.25. The summed E-state index contributed by atoms with van der Waals surface area (Å²) in [5, 5.41) is 7.21. The van der Waals surface area contributed by atoms with E-state index in [9.17, 15) is 0 Å². The van der Waals surface area contributed by atoms with Crippen molar-refractivity contribution in [2.24, 2.45) is 5.92 Å². The lowest BCUT2D eigenvalue weighted by atomic mass is 9.89. The largest absolute Gasteiger partial charge is 0.378 e. The van der Waals surface area contributed by atoms with Gasteiger partial charge in [0.2, 0.25) is 5.95 Å². The van der Waals surface area contributed by atoms with Gasteiger partial charge in [-0.05, 0) is 43.5 Å². The molecule has 7 heteroatoms. The lowest BCUT2D eigenvalue weighted by Crippen LogP contribution is -2.44. The molecule has 0 bridgehead atoms. The molecule has 1 aromatic carbocycles. The highest BCUT2D eigenvalue weighted by Crippen LogP contribution is 2.30. The molecular formula is C25H35N5O2. The topological polar surface area (TPSA) is 71.5 Å². The number of nitrogens with one attached hydrogen (secondary N) is 2. The molecule has 7 nitrogen and oxygen atoms in total. The molecular weight excluding hydrogens is 402 g/mol. The number of benzene rings is 1. The Morgan fingerprint density at radius 2 is 1.66 bits per heavy atom. The molecule has 32 heavy (non-hydrogen) atoms. The summed E-state index contributed by atoms with van der Waals surface area (Å²) in [7, 11) is 4.08. The van der Waals surface area contributed by atoms with Gasteiger partial charge in [-0.25, -0.2) is 9.97 Å². The van der Waals surface area contributed by atoms with Crippen molar-refractivity contribution in [1.29, 1.82) is 0 Å². The summed E-state index contributed by atoms with van der Waals surface area (Å²) in [4.78, 5) is 11.3. The van der Waals surface area contributed by atoms with Crippen LogP contribution in [0.4, 0.5) is 11.6 Å².